The quantitative estimate of drug-likeness (QED) is 0.689. The normalized spacial score (nSPS) is 12.2. The third-order valence-electron chi connectivity index (χ3n) is 2.61. The summed E-state index contributed by atoms with van der Waals surface area (Å²) < 4.78 is 9.62. The van der Waals surface area contributed by atoms with Gasteiger partial charge in [0.05, 0.1) is 12.6 Å². The number of hydrogen-bond donors (Lipinski definition) is 2. The first kappa shape index (κ1) is 17.1. The maximum atomic E-state index is 11.7. The van der Waals surface area contributed by atoms with Crippen LogP contribution in [0.15, 0.2) is 0 Å². The Labute approximate surface area is 123 Å². The van der Waals surface area contributed by atoms with Crippen molar-refractivity contribution in [3.63, 3.8) is 0 Å². The summed E-state index contributed by atoms with van der Waals surface area (Å²) in [4.78, 5) is 27.3. The highest BCUT2D eigenvalue weighted by Gasteiger charge is 2.22. The molecular formula is C13H22N4O4. The molecule has 0 aliphatic heterocycles. The molecule has 0 spiro atoms. The standard InChI is InChI=1S/C13H22N4O4/c1-5-21-13(19)12-15-11(16-17-12)9(6-8(2)3)14-10(18)7-20-4/h8-9H,5-7H2,1-4H3,(H,14,18)(H,15,16,17)/t9-/m0/s1. The smallest absolute Gasteiger partial charge is 0.378 e. The minimum absolute atomic E-state index is 0.0343. The van der Waals surface area contributed by atoms with Crippen molar-refractivity contribution in [3.8, 4) is 0 Å². The second kappa shape index (κ2) is 8.35. The van der Waals surface area contributed by atoms with Crippen LogP contribution in [0.3, 0.4) is 0 Å². The number of nitrogens with zero attached hydrogens (tertiary/aromatic N) is 2. The lowest BCUT2D eigenvalue weighted by Gasteiger charge is -2.18. The maximum absolute atomic E-state index is 11.7. The number of amides is 1. The van der Waals surface area contributed by atoms with E-state index in [4.69, 9.17) is 9.47 Å². The zero-order valence-electron chi connectivity index (χ0n) is 12.8. The van der Waals surface area contributed by atoms with E-state index in [1.807, 2.05) is 13.8 Å². The molecule has 1 atom stereocenters. The molecule has 21 heavy (non-hydrogen) atoms. The first-order valence-electron chi connectivity index (χ1n) is 6.85. The summed E-state index contributed by atoms with van der Waals surface area (Å²) in [7, 11) is 1.45. The molecule has 0 aliphatic carbocycles. The van der Waals surface area contributed by atoms with Crippen LogP contribution in [0, 0.1) is 5.92 Å². The van der Waals surface area contributed by atoms with E-state index in [9.17, 15) is 9.59 Å². The summed E-state index contributed by atoms with van der Waals surface area (Å²) in [6.45, 7) is 5.98. The molecule has 0 bridgehead atoms. The predicted octanol–water partition coefficient (Wildman–Crippen LogP) is 0.831. The number of nitrogens with one attached hydrogen (secondary N) is 2. The van der Waals surface area contributed by atoms with E-state index in [0.717, 1.165) is 0 Å². The van der Waals surface area contributed by atoms with Gasteiger partial charge < -0.3 is 14.8 Å². The molecule has 0 saturated heterocycles. The number of carbonyl (C=O) groups excluding carboxylic acids is 2. The molecule has 8 heteroatoms. The molecule has 0 saturated carbocycles. The van der Waals surface area contributed by atoms with Crippen molar-refractivity contribution >= 4 is 11.9 Å². The van der Waals surface area contributed by atoms with Gasteiger partial charge in [0.25, 0.3) is 5.82 Å². The molecule has 0 radical (unpaired) electrons. The summed E-state index contributed by atoms with van der Waals surface area (Å²) >= 11 is 0. The van der Waals surface area contributed by atoms with Gasteiger partial charge in [0.2, 0.25) is 5.91 Å². The third kappa shape index (κ3) is 5.50. The van der Waals surface area contributed by atoms with E-state index in [1.54, 1.807) is 6.92 Å². The molecule has 0 aromatic carbocycles. The Morgan fingerprint density at radius 2 is 2.10 bits per heavy atom. The van der Waals surface area contributed by atoms with Crippen LogP contribution in [0.2, 0.25) is 0 Å². The van der Waals surface area contributed by atoms with Crippen LogP contribution in [0.4, 0.5) is 0 Å². The molecule has 1 rings (SSSR count). The Kier molecular flexibility index (Phi) is 6.80. The highest BCUT2D eigenvalue weighted by atomic mass is 16.5. The second-order valence-electron chi connectivity index (χ2n) is 4.95. The van der Waals surface area contributed by atoms with Crippen LogP contribution in [-0.4, -0.2) is 47.4 Å². The first-order valence-corrected chi connectivity index (χ1v) is 6.85. The summed E-state index contributed by atoms with van der Waals surface area (Å²) in [5.74, 6) is -0.129. The van der Waals surface area contributed by atoms with Crippen LogP contribution in [0.5, 0.6) is 0 Å². The fraction of sp³-hybridized carbons (Fsp3) is 0.692. The lowest BCUT2D eigenvalue weighted by atomic mass is 10.0. The van der Waals surface area contributed by atoms with E-state index in [-0.39, 0.29) is 31.0 Å². The van der Waals surface area contributed by atoms with Gasteiger partial charge in [-0.25, -0.2) is 9.78 Å². The van der Waals surface area contributed by atoms with E-state index >= 15 is 0 Å². The van der Waals surface area contributed by atoms with Gasteiger partial charge in [-0.2, -0.15) is 0 Å². The van der Waals surface area contributed by atoms with Gasteiger partial charge in [0, 0.05) is 7.11 Å². The van der Waals surface area contributed by atoms with Crippen molar-refractivity contribution < 1.29 is 19.1 Å². The van der Waals surface area contributed by atoms with Crippen molar-refractivity contribution in [3.05, 3.63) is 11.6 Å². The van der Waals surface area contributed by atoms with Crippen LogP contribution < -0.4 is 5.32 Å². The topological polar surface area (TPSA) is 106 Å². The van der Waals surface area contributed by atoms with Gasteiger partial charge in [-0.3, -0.25) is 9.89 Å². The van der Waals surface area contributed by atoms with E-state index in [2.05, 4.69) is 20.5 Å². The monoisotopic (exact) mass is 298 g/mol. The van der Waals surface area contributed by atoms with Gasteiger partial charge in [-0.15, -0.1) is 5.10 Å². The maximum Gasteiger partial charge on any atom is 0.378 e. The predicted molar refractivity (Wildman–Crippen MR) is 74.6 cm³/mol. The van der Waals surface area contributed by atoms with E-state index in [1.165, 1.54) is 7.11 Å². The van der Waals surface area contributed by atoms with Crippen LogP contribution in [-0.2, 0) is 14.3 Å². The number of H-pyrrole nitrogens is 1. The van der Waals surface area contributed by atoms with Gasteiger partial charge in [0.15, 0.2) is 0 Å². The Hall–Kier alpha value is -1.96. The summed E-state index contributed by atoms with van der Waals surface area (Å²) in [5.41, 5.74) is 0. The van der Waals surface area contributed by atoms with Crippen LogP contribution in [0.1, 0.15) is 49.7 Å². The van der Waals surface area contributed by atoms with Gasteiger partial charge >= 0.3 is 5.97 Å². The molecule has 8 nitrogen and oxygen atoms in total. The Bertz CT molecular complexity index is 472. The number of methoxy groups -OCH3 is 1. The zero-order valence-corrected chi connectivity index (χ0v) is 12.8. The highest BCUT2D eigenvalue weighted by Crippen LogP contribution is 2.18. The molecule has 1 amide bonds. The molecule has 0 fully saturated rings. The molecule has 0 aliphatic rings. The average Bonchev–Trinajstić information content (AvgIpc) is 2.87. The van der Waals surface area contributed by atoms with Gasteiger partial charge in [0.1, 0.15) is 12.4 Å². The fourth-order valence-corrected chi connectivity index (χ4v) is 1.79. The Balaban J connectivity index is 2.83. The Morgan fingerprint density at radius 1 is 1.38 bits per heavy atom. The SMILES string of the molecule is CCOC(=O)c1n[nH]c([C@H](CC(C)C)NC(=O)COC)n1. The summed E-state index contributed by atoms with van der Waals surface area (Å²) in [5, 5.41) is 9.30. The number of aromatic amines is 1. The van der Waals surface area contributed by atoms with Crippen molar-refractivity contribution in [1.29, 1.82) is 0 Å². The number of rotatable bonds is 8. The molecule has 118 valence electrons. The highest BCUT2D eigenvalue weighted by molar-refractivity contribution is 5.85. The minimum Gasteiger partial charge on any atom is -0.460 e. The molecule has 2 N–H and O–H groups in total. The van der Waals surface area contributed by atoms with Crippen LogP contribution in [0.25, 0.3) is 0 Å². The van der Waals surface area contributed by atoms with Gasteiger partial charge in [-0.05, 0) is 19.3 Å². The molecule has 0 unspecified atom stereocenters. The number of ether oxygens (including phenoxy) is 2. The zero-order chi connectivity index (χ0) is 15.8. The number of hydrogen-bond acceptors (Lipinski definition) is 6. The van der Waals surface area contributed by atoms with E-state index < -0.39 is 5.97 Å². The number of carbonyl (C=O) groups is 2. The van der Waals surface area contributed by atoms with Crippen molar-refractivity contribution in [2.45, 2.75) is 33.2 Å². The summed E-state index contributed by atoms with van der Waals surface area (Å²) in [6.07, 6.45) is 0.660. The third-order valence-corrected chi connectivity index (χ3v) is 2.61. The number of aromatic nitrogens is 3. The van der Waals surface area contributed by atoms with E-state index in [0.29, 0.717) is 18.2 Å². The second-order valence-corrected chi connectivity index (χ2v) is 4.95. The Morgan fingerprint density at radius 3 is 2.67 bits per heavy atom. The van der Waals surface area contributed by atoms with Crippen LogP contribution >= 0.6 is 0 Å². The largest absolute Gasteiger partial charge is 0.460 e. The van der Waals surface area contributed by atoms with Gasteiger partial charge in [-0.1, -0.05) is 13.8 Å². The van der Waals surface area contributed by atoms with Crippen molar-refractivity contribution in [1.82, 2.24) is 20.5 Å². The molecule has 1 aromatic heterocycles. The molecule has 1 aromatic rings. The first-order chi connectivity index (χ1) is 9.97. The lowest BCUT2D eigenvalue weighted by Crippen LogP contribution is -2.32. The lowest BCUT2D eigenvalue weighted by molar-refractivity contribution is -0.125. The minimum atomic E-state index is -0.591. The summed E-state index contributed by atoms with van der Waals surface area (Å²) in [6, 6.07) is -0.358. The fourth-order valence-electron chi connectivity index (χ4n) is 1.79. The van der Waals surface area contributed by atoms with Crippen molar-refractivity contribution in [2.24, 2.45) is 5.92 Å². The molecular weight excluding hydrogens is 276 g/mol. The molecule has 1 heterocycles. The van der Waals surface area contributed by atoms with Crippen molar-refractivity contribution in [2.75, 3.05) is 20.3 Å². The number of esters is 1. The average molecular weight is 298 g/mol.